The molecule has 2 heterocycles. The van der Waals surface area contributed by atoms with Crippen LogP contribution in [0.25, 0.3) is 10.9 Å². The number of nitrogen functional groups attached to an aromatic ring is 1. The molecule has 0 saturated carbocycles. The van der Waals surface area contributed by atoms with Crippen molar-refractivity contribution in [1.82, 2.24) is 9.97 Å². The van der Waals surface area contributed by atoms with Gasteiger partial charge in [-0.25, -0.2) is 9.97 Å². The Morgan fingerprint density at radius 2 is 2.05 bits per heavy atom. The summed E-state index contributed by atoms with van der Waals surface area (Å²) in [5, 5.41) is 0.943. The first-order valence-corrected chi connectivity index (χ1v) is 6.40. The van der Waals surface area contributed by atoms with Gasteiger partial charge in [-0.3, -0.25) is 0 Å². The fourth-order valence-electron chi connectivity index (χ4n) is 2.24. The molecule has 2 N–H and O–H groups in total. The van der Waals surface area contributed by atoms with Gasteiger partial charge < -0.3 is 15.1 Å². The molecular formula is C15H16N4O. The van der Waals surface area contributed by atoms with Gasteiger partial charge in [-0.05, 0) is 37.3 Å². The maximum Gasteiger partial charge on any atom is 0.140 e. The highest BCUT2D eigenvalue weighted by molar-refractivity contribution is 5.91. The largest absolute Gasteiger partial charge is 0.464 e. The summed E-state index contributed by atoms with van der Waals surface area (Å²) in [6, 6.07) is 9.58. The van der Waals surface area contributed by atoms with E-state index in [1.165, 1.54) is 0 Å². The molecule has 0 atom stereocenters. The molecule has 0 unspecified atom stereocenters. The first-order chi connectivity index (χ1) is 9.63. The van der Waals surface area contributed by atoms with Gasteiger partial charge in [0.25, 0.3) is 0 Å². The lowest BCUT2D eigenvalue weighted by Gasteiger charge is -2.18. The predicted octanol–water partition coefficient (Wildman–Crippen LogP) is 2.75. The Morgan fingerprint density at radius 1 is 1.20 bits per heavy atom. The molecule has 2 aromatic heterocycles. The zero-order valence-corrected chi connectivity index (χ0v) is 11.5. The second kappa shape index (κ2) is 4.85. The number of rotatable bonds is 3. The highest BCUT2D eigenvalue weighted by Crippen LogP contribution is 2.25. The van der Waals surface area contributed by atoms with Crippen molar-refractivity contribution >= 4 is 22.4 Å². The van der Waals surface area contributed by atoms with E-state index in [0.717, 1.165) is 28.2 Å². The van der Waals surface area contributed by atoms with Crippen LogP contribution in [0.1, 0.15) is 11.5 Å². The average molecular weight is 268 g/mol. The quantitative estimate of drug-likeness (QED) is 0.740. The molecule has 5 nitrogen and oxygen atoms in total. The van der Waals surface area contributed by atoms with Gasteiger partial charge in [0.05, 0.1) is 12.1 Å². The van der Waals surface area contributed by atoms with Crippen molar-refractivity contribution in [2.45, 2.75) is 13.5 Å². The highest BCUT2D eigenvalue weighted by atomic mass is 16.3. The van der Waals surface area contributed by atoms with Crippen LogP contribution in [0.4, 0.5) is 11.5 Å². The highest BCUT2D eigenvalue weighted by Gasteiger charge is 2.11. The predicted molar refractivity (Wildman–Crippen MR) is 79.5 cm³/mol. The molecule has 0 aliphatic rings. The summed E-state index contributed by atoms with van der Waals surface area (Å²) < 4.78 is 5.60. The van der Waals surface area contributed by atoms with Crippen molar-refractivity contribution in [3.8, 4) is 0 Å². The van der Waals surface area contributed by atoms with Crippen LogP contribution in [-0.4, -0.2) is 17.0 Å². The maximum atomic E-state index is 5.86. The van der Waals surface area contributed by atoms with Crippen LogP contribution in [0.15, 0.2) is 41.1 Å². The zero-order chi connectivity index (χ0) is 14.1. The SMILES string of the molecule is Cc1ccc(CN(C)c2ncnc3ccc(N)cc23)o1. The summed E-state index contributed by atoms with van der Waals surface area (Å²) in [5.41, 5.74) is 7.44. The van der Waals surface area contributed by atoms with Gasteiger partial charge in [0.15, 0.2) is 0 Å². The Morgan fingerprint density at radius 3 is 2.80 bits per heavy atom. The summed E-state index contributed by atoms with van der Waals surface area (Å²) in [4.78, 5) is 10.7. The fraction of sp³-hybridized carbons (Fsp3) is 0.200. The molecule has 0 radical (unpaired) electrons. The van der Waals surface area contributed by atoms with E-state index < -0.39 is 0 Å². The number of hydrogen-bond acceptors (Lipinski definition) is 5. The molecule has 20 heavy (non-hydrogen) atoms. The summed E-state index contributed by atoms with van der Waals surface area (Å²) in [6.07, 6.45) is 1.57. The van der Waals surface area contributed by atoms with E-state index >= 15 is 0 Å². The third-order valence-electron chi connectivity index (χ3n) is 3.19. The Hall–Kier alpha value is -2.56. The van der Waals surface area contributed by atoms with Crippen LogP contribution in [0.5, 0.6) is 0 Å². The van der Waals surface area contributed by atoms with Gasteiger partial charge >= 0.3 is 0 Å². The Balaban J connectivity index is 1.98. The lowest BCUT2D eigenvalue weighted by atomic mass is 10.2. The molecule has 102 valence electrons. The molecule has 3 aromatic rings. The molecule has 5 heteroatoms. The van der Waals surface area contributed by atoms with Crippen molar-refractivity contribution in [1.29, 1.82) is 0 Å². The van der Waals surface area contributed by atoms with E-state index in [-0.39, 0.29) is 0 Å². The zero-order valence-electron chi connectivity index (χ0n) is 11.5. The van der Waals surface area contributed by atoms with Crippen LogP contribution in [0.2, 0.25) is 0 Å². The van der Waals surface area contributed by atoms with E-state index in [1.54, 1.807) is 6.33 Å². The molecule has 0 aliphatic heterocycles. The number of aryl methyl sites for hydroxylation is 1. The van der Waals surface area contributed by atoms with E-state index in [2.05, 4.69) is 9.97 Å². The summed E-state index contributed by atoms with van der Waals surface area (Å²) >= 11 is 0. The van der Waals surface area contributed by atoms with Crippen LogP contribution in [-0.2, 0) is 6.54 Å². The minimum Gasteiger partial charge on any atom is -0.464 e. The first-order valence-electron chi connectivity index (χ1n) is 6.40. The number of nitrogens with two attached hydrogens (primary N) is 1. The van der Waals surface area contributed by atoms with Gasteiger partial charge in [-0.2, -0.15) is 0 Å². The van der Waals surface area contributed by atoms with Gasteiger partial charge in [0, 0.05) is 18.1 Å². The number of furan rings is 1. The van der Waals surface area contributed by atoms with Crippen LogP contribution >= 0.6 is 0 Å². The van der Waals surface area contributed by atoms with E-state index in [1.807, 2.05) is 49.2 Å². The summed E-state index contributed by atoms with van der Waals surface area (Å²) in [6.45, 7) is 2.58. The van der Waals surface area contributed by atoms with Gasteiger partial charge in [0.1, 0.15) is 23.7 Å². The van der Waals surface area contributed by atoms with Crippen molar-refractivity contribution in [2.75, 3.05) is 17.7 Å². The Labute approximate surface area is 117 Å². The summed E-state index contributed by atoms with van der Waals surface area (Å²) in [7, 11) is 1.98. The summed E-state index contributed by atoms with van der Waals surface area (Å²) in [5.74, 6) is 2.65. The van der Waals surface area contributed by atoms with Crippen molar-refractivity contribution < 1.29 is 4.42 Å². The average Bonchev–Trinajstić information content (AvgIpc) is 2.83. The molecule has 0 spiro atoms. The molecule has 0 bridgehead atoms. The van der Waals surface area contributed by atoms with Crippen LogP contribution in [0, 0.1) is 6.92 Å². The van der Waals surface area contributed by atoms with Crippen LogP contribution < -0.4 is 10.6 Å². The second-order valence-corrected chi connectivity index (χ2v) is 4.84. The second-order valence-electron chi connectivity index (χ2n) is 4.84. The van der Waals surface area contributed by atoms with Crippen molar-refractivity contribution in [3.63, 3.8) is 0 Å². The minimum absolute atomic E-state index is 0.648. The number of nitrogens with zero attached hydrogens (tertiary/aromatic N) is 3. The maximum absolute atomic E-state index is 5.86. The monoisotopic (exact) mass is 268 g/mol. The molecule has 0 aliphatic carbocycles. The molecule has 3 rings (SSSR count). The van der Waals surface area contributed by atoms with E-state index in [4.69, 9.17) is 10.2 Å². The third-order valence-corrected chi connectivity index (χ3v) is 3.19. The number of anilines is 2. The third kappa shape index (κ3) is 2.30. The first kappa shape index (κ1) is 12.5. The Kier molecular flexibility index (Phi) is 3.02. The number of aromatic nitrogens is 2. The van der Waals surface area contributed by atoms with E-state index in [9.17, 15) is 0 Å². The minimum atomic E-state index is 0.648. The standard InChI is InChI=1S/C15H16N4O/c1-10-3-5-12(20-10)8-19(2)15-13-7-11(16)4-6-14(13)17-9-18-15/h3-7,9H,8,16H2,1-2H3. The van der Waals surface area contributed by atoms with Crippen molar-refractivity contribution in [2.24, 2.45) is 0 Å². The fourth-order valence-corrected chi connectivity index (χ4v) is 2.24. The Bertz CT molecular complexity index is 750. The van der Waals surface area contributed by atoms with Crippen molar-refractivity contribution in [3.05, 3.63) is 48.2 Å². The van der Waals surface area contributed by atoms with Gasteiger partial charge in [-0.1, -0.05) is 0 Å². The molecular weight excluding hydrogens is 252 g/mol. The number of benzene rings is 1. The lowest BCUT2D eigenvalue weighted by Crippen LogP contribution is -2.17. The molecule has 0 amide bonds. The molecule has 0 fully saturated rings. The van der Waals surface area contributed by atoms with Gasteiger partial charge in [-0.15, -0.1) is 0 Å². The molecule has 1 aromatic carbocycles. The van der Waals surface area contributed by atoms with E-state index in [0.29, 0.717) is 12.2 Å². The lowest BCUT2D eigenvalue weighted by molar-refractivity contribution is 0.481. The number of fused-ring (bicyclic) bond motifs is 1. The van der Waals surface area contributed by atoms with Gasteiger partial charge in [0.2, 0.25) is 0 Å². The number of hydrogen-bond donors (Lipinski definition) is 1. The molecule has 0 saturated heterocycles. The normalized spacial score (nSPS) is 10.9. The smallest absolute Gasteiger partial charge is 0.140 e. The van der Waals surface area contributed by atoms with Crippen LogP contribution in [0.3, 0.4) is 0 Å². The topological polar surface area (TPSA) is 68.2 Å².